The number of nitrogens with zero attached hydrogens (tertiary/aromatic N) is 1. The molecule has 0 spiro atoms. The van der Waals surface area contributed by atoms with Gasteiger partial charge in [-0.15, -0.1) is 0 Å². The quantitative estimate of drug-likeness (QED) is 0.331. The Bertz CT molecular complexity index is 1320. The Kier molecular flexibility index (Phi) is 6.26. The summed E-state index contributed by atoms with van der Waals surface area (Å²) in [5.41, 5.74) is 2.36. The van der Waals surface area contributed by atoms with Crippen LogP contribution in [0, 0.1) is 6.92 Å². The van der Waals surface area contributed by atoms with Gasteiger partial charge >= 0.3 is 12.0 Å². The Labute approximate surface area is 195 Å². The molecule has 0 atom stereocenters. The number of urea groups is 1. The van der Waals surface area contributed by atoms with Gasteiger partial charge in [-0.1, -0.05) is 30.3 Å². The summed E-state index contributed by atoms with van der Waals surface area (Å²) >= 11 is 0. The van der Waals surface area contributed by atoms with Crippen LogP contribution < -0.4 is 10.6 Å². The van der Waals surface area contributed by atoms with Crippen molar-refractivity contribution in [3.8, 4) is 11.3 Å². The summed E-state index contributed by atoms with van der Waals surface area (Å²) in [5, 5.41) is 5.12. The maximum Gasteiger partial charge on any atom is 0.338 e. The fourth-order valence-electron chi connectivity index (χ4n) is 3.49. The second kappa shape index (κ2) is 9.45. The van der Waals surface area contributed by atoms with E-state index in [0.29, 0.717) is 22.6 Å². The molecule has 2 N–H and O–H groups in total. The number of aryl methyl sites for hydroxylation is 1. The molecule has 0 saturated carbocycles. The number of esters is 1. The molecule has 4 amide bonds. The van der Waals surface area contributed by atoms with Crippen LogP contribution in [0.15, 0.2) is 70.8 Å². The first-order valence-corrected chi connectivity index (χ1v) is 10.3. The molecule has 0 aliphatic carbocycles. The molecule has 172 valence electrons. The minimum Gasteiger partial charge on any atom is -0.465 e. The molecular formula is C25H21N3O6. The zero-order valence-electron chi connectivity index (χ0n) is 18.5. The first-order chi connectivity index (χ1) is 16.4. The van der Waals surface area contributed by atoms with Crippen LogP contribution >= 0.6 is 0 Å². The van der Waals surface area contributed by atoms with E-state index in [1.807, 2.05) is 13.0 Å². The fraction of sp³-hybridized carbons (Fsp3) is 0.120. The summed E-state index contributed by atoms with van der Waals surface area (Å²) in [5.74, 6) is -1.000. The third kappa shape index (κ3) is 4.73. The van der Waals surface area contributed by atoms with Crippen LogP contribution in [0.3, 0.4) is 0 Å². The molecule has 3 aromatic rings. The normalized spacial score (nSPS) is 14.3. The molecule has 9 heteroatoms. The third-order valence-corrected chi connectivity index (χ3v) is 5.08. The van der Waals surface area contributed by atoms with Crippen LogP contribution in [0.1, 0.15) is 21.7 Å². The lowest BCUT2D eigenvalue weighted by Gasteiger charge is -2.12. The average Bonchev–Trinajstić information content (AvgIpc) is 3.39. The topological polar surface area (TPSA) is 118 Å². The number of anilines is 1. The molecule has 2 heterocycles. The Hall–Kier alpha value is -4.66. The number of hydrogen-bond acceptors (Lipinski definition) is 6. The van der Waals surface area contributed by atoms with E-state index >= 15 is 0 Å². The molecular weight excluding hydrogens is 438 g/mol. The van der Waals surface area contributed by atoms with Crippen LogP contribution in [0.5, 0.6) is 0 Å². The summed E-state index contributed by atoms with van der Waals surface area (Å²) in [6.45, 7) is 1.45. The second-order valence-electron chi connectivity index (χ2n) is 7.54. The van der Waals surface area contributed by atoms with E-state index < -0.39 is 30.4 Å². The highest BCUT2D eigenvalue weighted by Gasteiger charge is 2.35. The van der Waals surface area contributed by atoms with Crippen molar-refractivity contribution in [2.75, 3.05) is 19.0 Å². The van der Waals surface area contributed by atoms with Crippen molar-refractivity contribution in [1.29, 1.82) is 0 Å². The Balaban J connectivity index is 1.49. The van der Waals surface area contributed by atoms with Crippen LogP contribution in [-0.4, -0.2) is 42.4 Å². The molecule has 2 aromatic carbocycles. The summed E-state index contributed by atoms with van der Waals surface area (Å²) in [6, 6.07) is 16.5. The molecule has 9 nitrogen and oxygen atoms in total. The minimum absolute atomic E-state index is 0.0319. The van der Waals surface area contributed by atoms with Gasteiger partial charge in [0.1, 0.15) is 23.8 Å². The van der Waals surface area contributed by atoms with Gasteiger partial charge in [0.15, 0.2) is 0 Å². The number of rotatable bonds is 6. The van der Waals surface area contributed by atoms with Gasteiger partial charge in [-0.25, -0.2) is 14.5 Å². The molecule has 0 bridgehead atoms. The number of carbonyl (C=O) groups excluding carboxylic acids is 4. The van der Waals surface area contributed by atoms with Gasteiger partial charge < -0.3 is 19.8 Å². The lowest BCUT2D eigenvalue weighted by molar-refractivity contribution is -0.127. The number of hydrogen-bond donors (Lipinski definition) is 2. The summed E-state index contributed by atoms with van der Waals surface area (Å²) in [6.07, 6.45) is 1.36. The van der Waals surface area contributed by atoms with Crippen LogP contribution in [-0.2, 0) is 14.3 Å². The lowest BCUT2D eigenvalue weighted by atomic mass is 10.1. The van der Waals surface area contributed by atoms with Gasteiger partial charge in [0, 0.05) is 17.3 Å². The number of carbonyl (C=O) groups is 4. The van der Waals surface area contributed by atoms with Gasteiger partial charge in [0.05, 0.1) is 12.7 Å². The summed E-state index contributed by atoms with van der Waals surface area (Å²) in [4.78, 5) is 50.2. The first-order valence-electron chi connectivity index (χ1n) is 10.3. The molecule has 0 unspecified atom stereocenters. The standard InChI is InChI=1S/C25H21N3O6/c1-15-6-5-7-16(12-15)26-22(29)14-28-23(30)20(27-25(28)32)13-17-10-11-21(34-17)18-8-3-4-9-19(18)24(31)33-2/h3-13H,14H2,1-2H3,(H,26,29)(H,27,32)/b20-13+. The van der Waals surface area contributed by atoms with Gasteiger partial charge in [0.25, 0.3) is 5.91 Å². The molecule has 4 rings (SSSR count). The van der Waals surface area contributed by atoms with Crippen molar-refractivity contribution < 1.29 is 28.3 Å². The van der Waals surface area contributed by atoms with Crippen molar-refractivity contribution in [1.82, 2.24) is 10.2 Å². The molecule has 1 aliphatic rings. The van der Waals surface area contributed by atoms with Crippen molar-refractivity contribution in [2.24, 2.45) is 0 Å². The Morgan fingerprint density at radius 2 is 1.88 bits per heavy atom. The lowest BCUT2D eigenvalue weighted by Crippen LogP contribution is -2.38. The number of furan rings is 1. The molecule has 1 aliphatic heterocycles. The van der Waals surface area contributed by atoms with Crippen molar-refractivity contribution in [3.05, 3.63) is 83.2 Å². The SMILES string of the molecule is COC(=O)c1ccccc1-c1ccc(/C=C2/NC(=O)N(CC(=O)Nc3cccc(C)c3)C2=O)o1. The van der Waals surface area contributed by atoms with Crippen molar-refractivity contribution in [3.63, 3.8) is 0 Å². The van der Waals surface area contributed by atoms with Crippen LogP contribution in [0.2, 0.25) is 0 Å². The molecule has 34 heavy (non-hydrogen) atoms. The average molecular weight is 459 g/mol. The fourth-order valence-corrected chi connectivity index (χ4v) is 3.49. The number of ether oxygens (including phenoxy) is 1. The maximum atomic E-state index is 12.7. The van der Waals surface area contributed by atoms with Gasteiger partial charge in [-0.05, 0) is 42.8 Å². The van der Waals surface area contributed by atoms with Gasteiger partial charge in [0.2, 0.25) is 5.91 Å². The molecule has 1 aromatic heterocycles. The predicted octanol–water partition coefficient (Wildman–Crippen LogP) is 3.57. The van der Waals surface area contributed by atoms with Crippen LogP contribution in [0.4, 0.5) is 10.5 Å². The maximum absolute atomic E-state index is 12.7. The number of benzene rings is 2. The highest BCUT2D eigenvalue weighted by molar-refractivity contribution is 6.15. The highest BCUT2D eigenvalue weighted by Crippen LogP contribution is 2.27. The molecule has 0 radical (unpaired) electrons. The molecule has 1 saturated heterocycles. The first kappa shape index (κ1) is 22.5. The van der Waals surface area contributed by atoms with E-state index in [1.54, 1.807) is 54.6 Å². The number of imide groups is 1. The smallest absolute Gasteiger partial charge is 0.338 e. The van der Waals surface area contributed by atoms with E-state index in [-0.39, 0.29) is 11.5 Å². The minimum atomic E-state index is -0.710. The third-order valence-electron chi connectivity index (χ3n) is 5.08. The zero-order chi connectivity index (χ0) is 24.2. The Morgan fingerprint density at radius 1 is 1.09 bits per heavy atom. The highest BCUT2D eigenvalue weighted by atomic mass is 16.5. The predicted molar refractivity (Wildman–Crippen MR) is 124 cm³/mol. The van der Waals surface area contributed by atoms with E-state index in [2.05, 4.69) is 10.6 Å². The number of methoxy groups -OCH3 is 1. The van der Waals surface area contributed by atoms with E-state index in [0.717, 1.165) is 10.5 Å². The van der Waals surface area contributed by atoms with Gasteiger partial charge in [-0.2, -0.15) is 0 Å². The number of nitrogens with one attached hydrogen (secondary N) is 2. The van der Waals surface area contributed by atoms with Gasteiger partial charge in [-0.3, -0.25) is 9.59 Å². The van der Waals surface area contributed by atoms with Crippen molar-refractivity contribution >= 4 is 35.6 Å². The largest absolute Gasteiger partial charge is 0.465 e. The van der Waals surface area contributed by atoms with Crippen LogP contribution in [0.25, 0.3) is 17.4 Å². The zero-order valence-corrected chi connectivity index (χ0v) is 18.5. The van der Waals surface area contributed by atoms with E-state index in [4.69, 9.17) is 9.15 Å². The second-order valence-corrected chi connectivity index (χ2v) is 7.54. The summed E-state index contributed by atoms with van der Waals surface area (Å²) in [7, 11) is 1.29. The monoisotopic (exact) mass is 459 g/mol. The molecule has 1 fully saturated rings. The van der Waals surface area contributed by atoms with E-state index in [9.17, 15) is 19.2 Å². The number of amides is 4. The van der Waals surface area contributed by atoms with Crippen molar-refractivity contribution in [2.45, 2.75) is 6.92 Å². The Morgan fingerprint density at radius 3 is 2.65 bits per heavy atom. The summed E-state index contributed by atoms with van der Waals surface area (Å²) < 4.78 is 10.6. The van der Waals surface area contributed by atoms with E-state index in [1.165, 1.54) is 13.2 Å².